The van der Waals surface area contributed by atoms with Gasteiger partial charge >= 0.3 is 18.4 Å². The highest BCUT2D eigenvalue weighted by Crippen LogP contribution is 2.22. The van der Waals surface area contributed by atoms with Crippen molar-refractivity contribution in [1.29, 1.82) is 0 Å². The Labute approximate surface area is 223 Å². The third-order valence-electron chi connectivity index (χ3n) is 6.36. The number of urea groups is 1. The first-order chi connectivity index (χ1) is 18.7. The lowest BCUT2D eigenvalue weighted by Crippen LogP contribution is -2.56. The van der Waals surface area contributed by atoms with Crippen molar-refractivity contribution in [2.45, 2.75) is 18.9 Å². The minimum Gasteiger partial charge on any atom is -0.319 e. The van der Waals surface area contributed by atoms with Crippen LogP contribution in [0.4, 0.5) is 23.7 Å². The molecule has 1 fully saturated rings. The Balaban J connectivity index is 1.41. The van der Waals surface area contributed by atoms with Crippen molar-refractivity contribution >= 4 is 23.5 Å². The number of carbonyl (C=O) groups is 3. The van der Waals surface area contributed by atoms with Gasteiger partial charge in [0.1, 0.15) is 5.82 Å². The van der Waals surface area contributed by atoms with Gasteiger partial charge in [0.05, 0.1) is 6.04 Å². The van der Waals surface area contributed by atoms with Crippen molar-refractivity contribution in [2.24, 2.45) is 0 Å². The van der Waals surface area contributed by atoms with Gasteiger partial charge in [-0.05, 0) is 66.6 Å². The summed E-state index contributed by atoms with van der Waals surface area (Å²) in [7, 11) is 1.91. The van der Waals surface area contributed by atoms with Crippen molar-refractivity contribution in [3.05, 3.63) is 83.9 Å². The second-order valence-electron chi connectivity index (χ2n) is 9.11. The number of benzene rings is 2. The van der Waals surface area contributed by atoms with Crippen LogP contribution >= 0.6 is 0 Å². The maximum absolute atomic E-state index is 14.9. The van der Waals surface area contributed by atoms with Crippen LogP contribution in [0.1, 0.15) is 15.9 Å². The summed E-state index contributed by atoms with van der Waals surface area (Å²) in [4.78, 5) is 43.9. The summed E-state index contributed by atoms with van der Waals surface area (Å²) in [5, 5.41) is 2.91. The summed E-state index contributed by atoms with van der Waals surface area (Å²) in [6.45, 7) is 1.60. The lowest BCUT2D eigenvalue weighted by atomic mass is 10.0. The van der Waals surface area contributed by atoms with E-state index in [9.17, 15) is 27.6 Å². The molecule has 204 valence electrons. The number of rotatable bonds is 6. The first-order valence-corrected chi connectivity index (χ1v) is 12.1. The summed E-state index contributed by atoms with van der Waals surface area (Å²) in [5.74, 6) is -3.31. The molecule has 1 unspecified atom stereocenters. The van der Waals surface area contributed by atoms with Gasteiger partial charge in [-0.15, -0.1) is 0 Å². The molecule has 2 heterocycles. The Bertz CT molecular complexity index is 1320. The van der Waals surface area contributed by atoms with E-state index in [-0.39, 0.29) is 29.6 Å². The Morgan fingerprint density at radius 1 is 0.974 bits per heavy atom. The van der Waals surface area contributed by atoms with Gasteiger partial charge in [0.15, 0.2) is 0 Å². The van der Waals surface area contributed by atoms with Gasteiger partial charge in [0, 0.05) is 43.3 Å². The van der Waals surface area contributed by atoms with Crippen LogP contribution in [-0.4, -0.2) is 71.8 Å². The Hall–Kier alpha value is -4.45. The van der Waals surface area contributed by atoms with Crippen molar-refractivity contribution in [1.82, 2.24) is 25.6 Å². The number of hydrogen-bond acceptors (Lipinski definition) is 5. The molecule has 0 aliphatic carbocycles. The highest BCUT2D eigenvalue weighted by atomic mass is 19.3. The minimum absolute atomic E-state index is 0.156. The maximum Gasteiger partial charge on any atom is 0.322 e. The second kappa shape index (κ2) is 12.4. The second-order valence-corrected chi connectivity index (χ2v) is 9.11. The number of carbonyl (C=O) groups excluding carboxylic acids is 3. The standard InChI is InChI=1S/C27H27F3N6O3/c1-35-12-13-36(27(39)32-21-6-4-17(5-7-21)18-8-10-31-11-9-18)22(16-35)14-19-2-3-20(15-23(19)28)25(37)33-34-26(38)24(29)30/h2-11,15,22,24H,12-14,16H2,1H3,(H,32,39)(H,33,37)(H,34,38). The predicted octanol–water partition coefficient (Wildman–Crippen LogP) is 3.30. The van der Waals surface area contributed by atoms with Gasteiger partial charge in [0.25, 0.3) is 5.91 Å². The zero-order valence-corrected chi connectivity index (χ0v) is 21.0. The average molecular weight is 541 g/mol. The smallest absolute Gasteiger partial charge is 0.319 e. The van der Waals surface area contributed by atoms with Gasteiger partial charge in [0.2, 0.25) is 0 Å². The lowest BCUT2D eigenvalue weighted by Gasteiger charge is -2.40. The van der Waals surface area contributed by atoms with Crippen molar-refractivity contribution in [3.8, 4) is 11.1 Å². The van der Waals surface area contributed by atoms with Crippen LogP contribution in [-0.2, 0) is 11.2 Å². The Morgan fingerprint density at radius 3 is 2.33 bits per heavy atom. The molecule has 4 rings (SSSR count). The SMILES string of the molecule is CN1CCN(C(=O)Nc2ccc(-c3ccncc3)cc2)C(Cc2ccc(C(=O)NNC(=O)C(F)F)cc2F)C1. The quantitative estimate of drug-likeness (QED) is 0.416. The van der Waals surface area contributed by atoms with Crippen LogP contribution in [0.3, 0.4) is 0 Å². The fourth-order valence-electron chi connectivity index (χ4n) is 4.29. The van der Waals surface area contributed by atoms with Crippen LogP contribution in [0.25, 0.3) is 11.1 Å². The van der Waals surface area contributed by atoms with E-state index in [1.54, 1.807) is 22.7 Å². The molecule has 12 heteroatoms. The fraction of sp³-hybridized carbons (Fsp3) is 0.259. The van der Waals surface area contributed by atoms with Crippen molar-refractivity contribution in [2.75, 3.05) is 32.0 Å². The summed E-state index contributed by atoms with van der Waals surface area (Å²) in [6.07, 6.45) is 0.304. The van der Waals surface area contributed by atoms with Crippen LogP contribution in [0.5, 0.6) is 0 Å². The number of hydrazine groups is 1. The number of nitrogens with zero attached hydrogens (tertiary/aromatic N) is 3. The van der Waals surface area contributed by atoms with Crippen LogP contribution in [0.2, 0.25) is 0 Å². The van der Waals surface area contributed by atoms with E-state index >= 15 is 0 Å². The van der Waals surface area contributed by atoms with E-state index in [0.29, 0.717) is 25.3 Å². The average Bonchev–Trinajstić information content (AvgIpc) is 2.93. The molecule has 1 saturated heterocycles. The molecule has 3 aromatic rings. The van der Waals surface area contributed by atoms with E-state index < -0.39 is 24.1 Å². The number of halogens is 3. The third-order valence-corrected chi connectivity index (χ3v) is 6.36. The molecule has 0 bridgehead atoms. The molecule has 1 aliphatic rings. The summed E-state index contributed by atoms with van der Waals surface area (Å²) >= 11 is 0. The molecule has 2 aromatic carbocycles. The Kier molecular flexibility index (Phi) is 8.77. The topological polar surface area (TPSA) is 107 Å². The normalized spacial score (nSPS) is 15.6. The van der Waals surface area contributed by atoms with Gasteiger partial charge < -0.3 is 15.1 Å². The lowest BCUT2D eigenvalue weighted by molar-refractivity contribution is -0.132. The summed E-state index contributed by atoms with van der Waals surface area (Å²) < 4.78 is 39.5. The Morgan fingerprint density at radius 2 is 1.67 bits per heavy atom. The first-order valence-electron chi connectivity index (χ1n) is 12.1. The van der Waals surface area contributed by atoms with Crippen molar-refractivity contribution < 1.29 is 27.6 Å². The number of piperazine rings is 1. The van der Waals surface area contributed by atoms with Gasteiger partial charge in [-0.25, -0.2) is 9.18 Å². The molecular formula is C27H27F3N6O3. The first kappa shape index (κ1) is 27.6. The summed E-state index contributed by atoms with van der Waals surface area (Å²) in [5.41, 5.74) is 6.11. The monoisotopic (exact) mass is 540 g/mol. The van der Waals surface area contributed by atoms with E-state index in [1.807, 2.05) is 53.8 Å². The molecular weight excluding hydrogens is 513 g/mol. The van der Waals surface area contributed by atoms with E-state index in [4.69, 9.17) is 0 Å². The molecule has 0 radical (unpaired) electrons. The molecule has 0 spiro atoms. The number of likely N-dealkylation sites (N-methyl/N-ethyl adjacent to an activating group) is 1. The zero-order chi connectivity index (χ0) is 27.9. The van der Waals surface area contributed by atoms with E-state index in [1.165, 1.54) is 12.1 Å². The summed E-state index contributed by atoms with van der Waals surface area (Å²) in [6, 6.07) is 14.2. The number of hydrogen-bond donors (Lipinski definition) is 3. The van der Waals surface area contributed by atoms with Gasteiger partial charge in [-0.2, -0.15) is 8.78 Å². The fourth-order valence-corrected chi connectivity index (χ4v) is 4.29. The molecule has 1 aliphatic heterocycles. The third kappa shape index (κ3) is 7.11. The molecule has 9 nitrogen and oxygen atoms in total. The van der Waals surface area contributed by atoms with Crippen molar-refractivity contribution in [3.63, 3.8) is 0 Å². The molecule has 4 amide bonds. The number of anilines is 1. The predicted molar refractivity (Wildman–Crippen MR) is 138 cm³/mol. The number of alkyl halides is 2. The van der Waals surface area contributed by atoms with Crippen LogP contribution in [0.15, 0.2) is 67.0 Å². The zero-order valence-electron chi connectivity index (χ0n) is 21.0. The van der Waals surface area contributed by atoms with Crippen LogP contribution < -0.4 is 16.2 Å². The minimum atomic E-state index is -3.30. The molecule has 1 aromatic heterocycles. The highest BCUT2D eigenvalue weighted by Gasteiger charge is 2.30. The molecule has 39 heavy (non-hydrogen) atoms. The largest absolute Gasteiger partial charge is 0.322 e. The number of nitrogens with one attached hydrogen (secondary N) is 3. The number of amides is 4. The maximum atomic E-state index is 14.9. The molecule has 0 saturated carbocycles. The van der Waals surface area contributed by atoms with E-state index in [0.717, 1.165) is 17.2 Å². The van der Waals surface area contributed by atoms with Gasteiger partial charge in [-0.3, -0.25) is 25.4 Å². The van der Waals surface area contributed by atoms with Crippen LogP contribution in [0, 0.1) is 5.82 Å². The highest BCUT2D eigenvalue weighted by molar-refractivity contribution is 5.95. The number of aromatic nitrogens is 1. The van der Waals surface area contributed by atoms with E-state index in [2.05, 4.69) is 10.3 Å². The van der Waals surface area contributed by atoms with Gasteiger partial charge in [-0.1, -0.05) is 18.2 Å². The number of pyridine rings is 1. The molecule has 1 atom stereocenters. The molecule has 3 N–H and O–H groups in total.